The number of carbonyl (C=O) groups excluding carboxylic acids is 2. The number of carbonyl (C=O) groups is 2. The standard InChI is InChI=1S/C18H36N3O5P/c1-12(2)16(21-17(23)13(3)19)18(24)20-9-15(22)11-27(25,26)10-14-7-5-4-6-8-14/h12-16,22H,4-11,19H2,1-3H3,(H,20,24)(H,21,23)(H,25,26)/t13-,15+,16?/m0/s1. The van der Waals surface area contributed by atoms with Crippen LogP contribution in [0.3, 0.4) is 0 Å². The molecule has 2 unspecified atom stereocenters. The van der Waals surface area contributed by atoms with E-state index in [9.17, 15) is 24.2 Å². The molecule has 1 rings (SSSR count). The number of nitrogens with one attached hydrogen (secondary N) is 2. The van der Waals surface area contributed by atoms with Gasteiger partial charge in [0.2, 0.25) is 19.2 Å². The molecule has 2 amide bonds. The Kier molecular flexibility index (Phi) is 9.95. The van der Waals surface area contributed by atoms with Gasteiger partial charge in [0.05, 0.1) is 18.3 Å². The number of nitrogens with two attached hydrogens (primary N) is 1. The molecule has 0 bridgehead atoms. The summed E-state index contributed by atoms with van der Waals surface area (Å²) in [6, 6.07) is -1.51. The van der Waals surface area contributed by atoms with Gasteiger partial charge in [-0.3, -0.25) is 14.2 Å². The fraction of sp³-hybridized carbons (Fsp3) is 0.889. The second-order valence-electron chi connectivity index (χ2n) is 8.13. The summed E-state index contributed by atoms with van der Waals surface area (Å²) in [4.78, 5) is 34.3. The van der Waals surface area contributed by atoms with Gasteiger partial charge in [-0.15, -0.1) is 0 Å². The van der Waals surface area contributed by atoms with Crippen LogP contribution in [-0.2, 0) is 14.2 Å². The molecular formula is C18H36N3O5P. The van der Waals surface area contributed by atoms with Crippen LogP contribution < -0.4 is 16.4 Å². The van der Waals surface area contributed by atoms with Crippen LogP contribution >= 0.6 is 7.37 Å². The molecule has 0 saturated heterocycles. The quantitative estimate of drug-likeness (QED) is 0.340. The first kappa shape index (κ1) is 24.1. The van der Waals surface area contributed by atoms with Crippen LogP contribution in [0.1, 0.15) is 52.9 Å². The van der Waals surface area contributed by atoms with E-state index in [1.807, 2.05) is 0 Å². The van der Waals surface area contributed by atoms with E-state index in [0.29, 0.717) is 0 Å². The minimum absolute atomic E-state index is 0.134. The van der Waals surface area contributed by atoms with Gasteiger partial charge >= 0.3 is 0 Å². The second kappa shape index (κ2) is 11.1. The average molecular weight is 405 g/mol. The summed E-state index contributed by atoms with van der Waals surface area (Å²) in [6.45, 7) is 4.97. The van der Waals surface area contributed by atoms with E-state index in [1.165, 1.54) is 13.3 Å². The molecule has 0 aromatic carbocycles. The van der Waals surface area contributed by atoms with Crippen molar-refractivity contribution in [2.24, 2.45) is 17.6 Å². The van der Waals surface area contributed by atoms with Crippen molar-refractivity contribution in [3.63, 3.8) is 0 Å². The Hall–Kier alpha value is -0.950. The monoisotopic (exact) mass is 405 g/mol. The lowest BCUT2D eigenvalue weighted by Gasteiger charge is -2.26. The van der Waals surface area contributed by atoms with Crippen molar-refractivity contribution in [3.8, 4) is 0 Å². The van der Waals surface area contributed by atoms with Crippen molar-refractivity contribution in [3.05, 3.63) is 0 Å². The first-order chi connectivity index (χ1) is 12.5. The van der Waals surface area contributed by atoms with E-state index in [1.54, 1.807) is 13.8 Å². The molecule has 4 atom stereocenters. The zero-order chi connectivity index (χ0) is 20.6. The molecule has 0 radical (unpaired) electrons. The lowest BCUT2D eigenvalue weighted by Crippen LogP contribution is -2.54. The molecular weight excluding hydrogens is 369 g/mol. The van der Waals surface area contributed by atoms with Crippen LogP contribution in [0.4, 0.5) is 0 Å². The maximum absolute atomic E-state index is 12.4. The summed E-state index contributed by atoms with van der Waals surface area (Å²) >= 11 is 0. The second-order valence-corrected chi connectivity index (χ2v) is 10.6. The van der Waals surface area contributed by atoms with Crippen molar-refractivity contribution in [1.82, 2.24) is 10.6 Å². The molecule has 0 spiro atoms. The number of aliphatic hydroxyl groups is 1. The van der Waals surface area contributed by atoms with Crippen molar-refractivity contribution in [1.29, 1.82) is 0 Å². The van der Waals surface area contributed by atoms with Gasteiger partial charge < -0.3 is 26.4 Å². The van der Waals surface area contributed by atoms with Crippen molar-refractivity contribution < 1.29 is 24.2 Å². The fourth-order valence-corrected chi connectivity index (χ4v) is 5.50. The van der Waals surface area contributed by atoms with Gasteiger partial charge in [-0.2, -0.15) is 0 Å². The zero-order valence-corrected chi connectivity index (χ0v) is 17.6. The number of hydrogen-bond donors (Lipinski definition) is 5. The van der Waals surface area contributed by atoms with Gasteiger partial charge in [0, 0.05) is 12.7 Å². The van der Waals surface area contributed by atoms with Crippen molar-refractivity contribution in [2.75, 3.05) is 18.9 Å². The Bertz CT molecular complexity index is 535. The summed E-state index contributed by atoms with van der Waals surface area (Å²) in [5.74, 6) is -0.801. The number of aliphatic hydroxyl groups excluding tert-OH is 1. The van der Waals surface area contributed by atoms with E-state index in [2.05, 4.69) is 10.6 Å². The topological polar surface area (TPSA) is 142 Å². The maximum atomic E-state index is 12.4. The minimum Gasteiger partial charge on any atom is -0.391 e. The summed E-state index contributed by atoms with van der Waals surface area (Å²) in [5, 5.41) is 15.2. The van der Waals surface area contributed by atoms with Gasteiger partial charge in [0.25, 0.3) is 0 Å². The van der Waals surface area contributed by atoms with Gasteiger partial charge in [-0.1, -0.05) is 33.1 Å². The summed E-state index contributed by atoms with van der Waals surface area (Å²) in [5.41, 5.74) is 5.51. The van der Waals surface area contributed by atoms with Gasteiger partial charge in [-0.25, -0.2) is 0 Å². The molecule has 1 aliphatic rings. The first-order valence-electron chi connectivity index (χ1n) is 9.84. The number of amides is 2. The zero-order valence-electron chi connectivity index (χ0n) is 16.7. The Balaban J connectivity index is 2.48. The predicted octanol–water partition coefficient (Wildman–Crippen LogP) is 0.802. The van der Waals surface area contributed by atoms with E-state index >= 15 is 0 Å². The van der Waals surface area contributed by atoms with Gasteiger partial charge in [-0.05, 0) is 31.6 Å². The number of rotatable bonds is 10. The summed E-state index contributed by atoms with van der Waals surface area (Å²) < 4.78 is 12.4. The van der Waals surface area contributed by atoms with Gasteiger partial charge in [0.15, 0.2) is 0 Å². The highest BCUT2D eigenvalue weighted by atomic mass is 31.2. The molecule has 27 heavy (non-hydrogen) atoms. The average Bonchev–Trinajstić information content (AvgIpc) is 2.56. The van der Waals surface area contributed by atoms with Crippen LogP contribution in [0.5, 0.6) is 0 Å². The third-order valence-electron chi connectivity index (χ3n) is 4.94. The van der Waals surface area contributed by atoms with Crippen LogP contribution in [0, 0.1) is 11.8 Å². The van der Waals surface area contributed by atoms with Crippen LogP contribution in [0.2, 0.25) is 0 Å². The Morgan fingerprint density at radius 2 is 1.74 bits per heavy atom. The number of hydrogen-bond acceptors (Lipinski definition) is 5. The normalized spacial score (nSPS) is 21.1. The molecule has 8 nitrogen and oxygen atoms in total. The molecule has 6 N–H and O–H groups in total. The van der Waals surface area contributed by atoms with E-state index in [-0.39, 0.29) is 30.7 Å². The smallest absolute Gasteiger partial charge is 0.242 e. The lowest BCUT2D eigenvalue weighted by atomic mass is 9.91. The molecule has 9 heteroatoms. The van der Waals surface area contributed by atoms with Crippen LogP contribution in [-0.4, -0.2) is 58.9 Å². The molecule has 0 aliphatic heterocycles. The third kappa shape index (κ3) is 9.19. The van der Waals surface area contributed by atoms with Crippen LogP contribution in [0.15, 0.2) is 0 Å². The third-order valence-corrected chi connectivity index (χ3v) is 7.02. The molecule has 158 valence electrons. The summed E-state index contributed by atoms with van der Waals surface area (Å²) in [6.07, 6.45) is 4.18. The molecule has 1 saturated carbocycles. The van der Waals surface area contributed by atoms with E-state index < -0.39 is 37.4 Å². The Morgan fingerprint density at radius 3 is 2.26 bits per heavy atom. The minimum atomic E-state index is -3.44. The predicted molar refractivity (Wildman–Crippen MR) is 106 cm³/mol. The fourth-order valence-electron chi connectivity index (χ4n) is 3.39. The van der Waals surface area contributed by atoms with E-state index in [4.69, 9.17) is 5.73 Å². The molecule has 0 aromatic rings. The highest BCUT2D eigenvalue weighted by molar-refractivity contribution is 7.58. The van der Waals surface area contributed by atoms with Crippen molar-refractivity contribution >= 4 is 19.2 Å². The Morgan fingerprint density at radius 1 is 1.15 bits per heavy atom. The highest BCUT2D eigenvalue weighted by Gasteiger charge is 2.29. The molecule has 1 fully saturated rings. The lowest BCUT2D eigenvalue weighted by molar-refractivity contribution is -0.130. The SMILES string of the molecule is CC(C)C(NC(=O)[C@H](C)N)C(=O)NC[C@@H](O)CP(=O)(O)CC1CCCCC1. The van der Waals surface area contributed by atoms with E-state index in [0.717, 1.165) is 25.7 Å². The maximum Gasteiger partial charge on any atom is 0.242 e. The van der Waals surface area contributed by atoms with Crippen LogP contribution in [0.25, 0.3) is 0 Å². The summed E-state index contributed by atoms with van der Waals surface area (Å²) in [7, 11) is -3.44. The first-order valence-corrected chi connectivity index (χ1v) is 11.9. The van der Waals surface area contributed by atoms with Gasteiger partial charge in [0.1, 0.15) is 6.04 Å². The molecule has 0 aromatic heterocycles. The highest BCUT2D eigenvalue weighted by Crippen LogP contribution is 2.45. The molecule has 1 aliphatic carbocycles. The Labute approximate surface area is 162 Å². The largest absolute Gasteiger partial charge is 0.391 e. The molecule has 0 heterocycles. The van der Waals surface area contributed by atoms with Crippen molar-refractivity contribution in [2.45, 2.75) is 71.1 Å².